The number of aromatic nitrogens is 2. The minimum atomic E-state index is -0.256. The van der Waals surface area contributed by atoms with Crippen LogP contribution >= 0.6 is 0 Å². The van der Waals surface area contributed by atoms with Gasteiger partial charge in [0, 0.05) is 35.6 Å². The number of hydrogen-bond donors (Lipinski definition) is 2. The van der Waals surface area contributed by atoms with Gasteiger partial charge in [-0.25, -0.2) is 9.37 Å². The Morgan fingerprint density at radius 2 is 1.74 bits per heavy atom. The maximum atomic E-state index is 13.5. The average Bonchev–Trinajstić information content (AvgIpc) is 2.52. The standard InChI is InChI=1S/C18H19FN4/c1-12-4-3-5-18(23-12)21-9-8-20-17-10-13(2)22-16-7-6-14(19)11-15(16)17/h3-7,10-11H,8-9H2,1-2H3,(H,20,22)(H,21,23). The van der Waals surface area contributed by atoms with E-state index in [4.69, 9.17) is 0 Å². The van der Waals surface area contributed by atoms with E-state index in [1.807, 2.05) is 38.1 Å². The maximum absolute atomic E-state index is 13.5. The summed E-state index contributed by atoms with van der Waals surface area (Å²) in [6, 6.07) is 12.5. The molecule has 0 amide bonds. The highest BCUT2D eigenvalue weighted by atomic mass is 19.1. The summed E-state index contributed by atoms with van der Waals surface area (Å²) >= 11 is 0. The molecule has 118 valence electrons. The fraction of sp³-hybridized carbons (Fsp3) is 0.222. The molecule has 0 bridgehead atoms. The predicted octanol–water partition coefficient (Wildman–Crippen LogP) is 3.91. The van der Waals surface area contributed by atoms with Crippen LogP contribution in [0.1, 0.15) is 11.4 Å². The van der Waals surface area contributed by atoms with Gasteiger partial charge in [0.1, 0.15) is 11.6 Å². The smallest absolute Gasteiger partial charge is 0.126 e. The second kappa shape index (κ2) is 6.60. The van der Waals surface area contributed by atoms with Gasteiger partial charge < -0.3 is 10.6 Å². The lowest BCUT2D eigenvalue weighted by molar-refractivity contribution is 0.629. The molecular formula is C18H19FN4. The average molecular weight is 310 g/mol. The molecule has 0 aliphatic carbocycles. The molecule has 3 aromatic rings. The Labute approximate surface area is 134 Å². The van der Waals surface area contributed by atoms with Crippen LogP contribution in [0.4, 0.5) is 15.9 Å². The van der Waals surface area contributed by atoms with Crippen LogP contribution in [0.5, 0.6) is 0 Å². The van der Waals surface area contributed by atoms with E-state index in [1.165, 1.54) is 12.1 Å². The molecule has 0 aliphatic rings. The molecule has 5 heteroatoms. The van der Waals surface area contributed by atoms with Gasteiger partial charge >= 0.3 is 0 Å². The van der Waals surface area contributed by atoms with Crippen molar-refractivity contribution in [2.75, 3.05) is 23.7 Å². The monoisotopic (exact) mass is 310 g/mol. The van der Waals surface area contributed by atoms with Crippen molar-refractivity contribution < 1.29 is 4.39 Å². The van der Waals surface area contributed by atoms with E-state index >= 15 is 0 Å². The molecule has 2 N–H and O–H groups in total. The fourth-order valence-electron chi connectivity index (χ4n) is 2.51. The van der Waals surface area contributed by atoms with E-state index in [2.05, 4.69) is 20.6 Å². The normalized spacial score (nSPS) is 10.7. The van der Waals surface area contributed by atoms with Crippen LogP contribution in [0.2, 0.25) is 0 Å². The van der Waals surface area contributed by atoms with Crippen molar-refractivity contribution in [3.8, 4) is 0 Å². The van der Waals surface area contributed by atoms with Gasteiger partial charge in [0.2, 0.25) is 0 Å². The Kier molecular flexibility index (Phi) is 4.37. The van der Waals surface area contributed by atoms with Crippen LogP contribution in [0.25, 0.3) is 10.9 Å². The summed E-state index contributed by atoms with van der Waals surface area (Å²) in [6.07, 6.45) is 0. The number of rotatable bonds is 5. The van der Waals surface area contributed by atoms with Crippen LogP contribution in [0.15, 0.2) is 42.5 Å². The molecule has 4 nitrogen and oxygen atoms in total. The van der Waals surface area contributed by atoms with Crippen molar-refractivity contribution in [3.05, 3.63) is 59.7 Å². The fourth-order valence-corrected chi connectivity index (χ4v) is 2.51. The largest absolute Gasteiger partial charge is 0.383 e. The van der Waals surface area contributed by atoms with Crippen LogP contribution < -0.4 is 10.6 Å². The Morgan fingerprint density at radius 3 is 2.57 bits per heavy atom. The Morgan fingerprint density at radius 1 is 0.913 bits per heavy atom. The highest BCUT2D eigenvalue weighted by Crippen LogP contribution is 2.23. The number of nitrogens with one attached hydrogen (secondary N) is 2. The van der Waals surface area contributed by atoms with E-state index in [1.54, 1.807) is 6.07 Å². The SMILES string of the molecule is Cc1cccc(NCCNc2cc(C)nc3ccc(F)cc23)n1. The zero-order chi connectivity index (χ0) is 16.2. The molecular weight excluding hydrogens is 291 g/mol. The summed E-state index contributed by atoms with van der Waals surface area (Å²) in [5, 5.41) is 7.41. The van der Waals surface area contributed by atoms with Crippen molar-refractivity contribution in [2.45, 2.75) is 13.8 Å². The summed E-state index contributed by atoms with van der Waals surface area (Å²) in [5.41, 5.74) is 3.57. The second-order valence-corrected chi connectivity index (χ2v) is 5.49. The zero-order valence-electron chi connectivity index (χ0n) is 13.2. The van der Waals surface area contributed by atoms with Gasteiger partial charge in [0.15, 0.2) is 0 Å². The molecule has 0 unspecified atom stereocenters. The van der Waals surface area contributed by atoms with Crippen LogP contribution in [0.3, 0.4) is 0 Å². The summed E-state index contributed by atoms with van der Waals surface area (Å²) in [5.74, 6) is 0.599. The number of fused-ring (bicyclic) bond motifs is 1. The Bertz CT molecular complexity index is 832. The molecule has 2 aromatic heterocycles. The van der Waals surface area contributed by atoms with E-state index in [0.717, 1.165) is 33.8 Å². The third kappa shape index (κ3) is 3.74. The van der Waals surface area contributed by atoms with Gasteiger partial charge in [-0.2, -0.15) is 0 Å². The lowest BCUT2D eigenvalue weighted by Gasteiger charge is -2.12. The molecule has 1 aromatic carbocycles. The first-order valence-corrected chi connectivity index (χ1v) is 7.60. The number of benzene rings is 1. The Balaban J connectivity index is 1.68. The molecule has 0 fully saturated rings. The van der Waals surface area contributed by atoms with Gasteiger partial charge in [-0.05, 0) is 50.2 Å². The van der Waals surface area contributed by atoms with Crippen molar-refractivity contribution in [1.29, 1.82) is 0 Å². The molecule has 2 heterocycles. The number of pyridine rings is 2. The minimum Gasteiger partial charge on any atom is -0.383 e. The topological polar surface area (TPSA) is 49.8 Å². The second-order valence-electron chi connectivity index (χ2n) is 5.49. The number of aryl methyl sites for hydroxylation is 2. The maximum Gasteiger partial charge on any atom is 0.126 e. The highest BCUT2D eigenvalue weighted by Gasteiger charge is 2.05. The number of halogens is 1. The lowest BCUT2D eigenvalue weighted by Crippen LogP contribution is -2.14. The van der Waals surface area contributed by atoms with Gasteiger partial charge in [0.25, 0.3) is 0 Å². The van der Waals surface area contributed by atoms with Gasteiger partial charge in [-0.1, -0.05) is 6.07 Å². The van der Waals surface area contributed by atoms with Crippen molar-refractivity contribution in [3.63, 3.8) is 0 Å². The number of anilines is 2. The molecule has 0 atom stereocenters. The van der Waals surface area contributed by atoms with Gasteiger partial charge in [-0.15, -0.1) is 0 Å². The van der Waals surface area contributed by atoms with E-state index in [0.29, 0.717) is 13.1 Å². The summed E-state index contributed by atoms with van der Waals surface area (Å²) in [6.45, 7) is 5.31. The third-order valence-corrected chi connectivity index (χ3v) is 3.53. The van der Waals surface area contributed by atoms with E-state index < -0.39 is 0 Å². The number of nitrogens with zero attached hydrogens (tertiary/aromatic N) is 2. The highest BCUT2D eigenvalue weighted by molar-refractivity contribution is 5.91. The van der Waals surface area contributed by atoms with Crippen molar-refractivity contribution in [2.24, 2.45) is 0 Å². The summed E-state index contributed by atoms with van der Waals surface area (Å²) in [4.78, 5) is 8.83. The first kappa shape index (κ1) is 15.2. The predicted molar refractivity (Wildman–Crippen MR) is 92.4 cm³/mol. The minimum absolute atomic E-state index is 0.256. The molecule has 0 spiro atoms. The Hall–Kier alpha value is -2.69. The van der Waals surface area contributed by atoms with Gasteiger partial charge in [-0.3, -0.25) is 4.98 Å². The van der Waals surface area contributed by atoms with Crippen molar-refractivity contribution in [1.82, 2.24) is 9.97 Å². The van der Waals surface area contributed by atoms with E-state index in [9.17, 15) is 4.39 Å². The quantitative estimate of drug-likeness (QED) is 0.702. The summed E-state index contributed by atoms with van der Waals surface area (Å²) < 4.78 is 13.5. The van der Waals surface area contributed by atoms with Crippen LogP contribution in [-0.4, -0.2) is 23.1 Å². The molecule has 0 radical (unpaired) electrons. The number of hydrogen-bond acceptors (Lipinski definition) is 4. The molecule has 3 rings (SSSR count). The first-order valence-electron chi connectivity index (χ1n) is 7.60. The van der Waals surface area contributed by atoms with Gasteiger partial charge in [0.05, 0.1) is 5.52 Å². The van der Waals surface area contributed by atoms with E-state index in [-0.39, 0.29) is 5.82 Å². The molecule has 0 aliphatic heterocycles. The van der Waals surface area contributed by atoms with Crippen LogP contribution in [0, 0.1) is 19.7 Å². The lowest BCUT2D eigenvalue weighted by atomic mass is 10.1. The zero-order valence-corrected chi connectivity index (χ0v) is 13.2. The molecule has 23 heavy (non-hydrogen) atoms. The van der Waals surface area contributed by atoms with Crippen molar-refractivity contribution >= 4 is 22.4 Å². The summed E-state index contributed by atoms with van der Waals surface area (Å²) in [7, 11) is 0. The molecule has 0 saturated carbocycles. The first-order chi connectivity index (χ1) is 11.1. The third-order valence-electron chi connectivity index (χ3n) is 3.53. The molecule has 0 saturated heterocycles. The van der Waals surface area contributed by atoms with Crippen LogP contribution in [-0.2, 0) is 0 Å².